The second-order valence-corrected chi connectivity index (χ2v) is 6.16. The lowest BCUT2D eigenvalue weighted by molar-refractivity contribution is 0.464. The van der Waals surface area contributed by atoms with Gasteiger partial charge in [0.05, 0.1) is 5.69 Å². The Labute approximate surface area is 127 Å². The second-order valence-electron chi connectivity index (χ2n) is 6.16. The lowest BCUT2D eigenvalue weighted by Crippen LogP contribution is -2.32. The summed E-state index contributed by atoms with van der Waals surface area (Å²) in [5, 5.41) is 8.45. The van der Waals surface area contributed by atoms with Crippen molar-refractivity contribution in [1.29, 1.82) is 0 Å². The molecule has 1 heterocycles. The van der Waals surface area contributed by atoms with Crippen LogP contribution in [0.4, 0.5) is 0 Å². The number of aromatic nitrogens is 2. The summed E-state index contributed by atoms with van der Waals surface area (Å²) in [5.41, 5.74) is 6.82. The van der Waals surface area contributed by atoms with E-state index in [1.807, 2.05) is 0 Å². The Morgan fingerprint density at radius 2 is 1.86 bits per heavy atom. The molecule has 0 aliphatic heterocycles. The van der Waals surface area contributed by atoms with E-state index in [9.17, 15) is 0 Å². The smallest absolute Gasteiger partial charge is 0.0644 e. The average molecular weight is 283 g/mol. The van der Waals surface area contributed by atoms with Crippen LogP contribution in [0.2, 0.25) is 0 Å². The summed E-state index contributed by atoms with van der Waals surface area (Å²) in [6.45, 7) is 9.65. The molecule has 1 unspecified atom stereocenters. The third kappa shape index (κ3) is 2.62. The minimum absolute atomic E-state index is 0.351. The molecule has 3 heteroatoms. The molecule has 1 aromatic carbocycles. The number of nitrogens with zero attached hydrogens (tertiary/aromatic N) is 2. The first kappa shape index (κ1) is 14.3. The summed E-state index contributed by atoms with van der Waals surface area (Å²) in [7, 11) is 0. The van der Waals surface area contributed by atoms with E-state index >= 15 is 0 Å². The van der Waals surface area contributed by atoms with Crippen LogP contribution in [0.3, 0.4) is 0 Å². The molecule has 0 bridgehead atoms. The van der Waals surface area contributed by atoms with Crippen molar-refractivity contribution in [2.45, 2.75) is 59.2 Å². The van der Waals surface area contributed by atoms with Crippen molar-refractivity contribution in [3.8, 4) is 0 Å². The first-order valence-electron chi connectivity index (χ1n) is 7.96. The topological polar surface area (TPSA) is 29.9 Å². The van der Waals surface area contributed by atoms with Gasteiger partial charge >= 0.3 is 0 Å². The number of nitrogens with one attached hydrogen (secondary N) is 1. The number of hydrogen-bond donors (Lipinski definition) is 1. The van der Waals surface area contributed by atoms with Crippen LogP contribution >= 0.6 is 0 Å². The van der Waals surface area contributed by atoms with Crippen molar-refractivity contribution < 1.29 is 0 Å². The quantitative estimate of drug-likeness (QED) is 0.932. The fourth-order valence-electron chi connectivity index (χ4n) is 3.76. The van der Waals surface area contributed by atoms with Crippen molar-refractivity contribution in [3.63, 3.8) is 0 Å². The molecule has 0 spiro atoms. The predicted octanol–water partition coefficient (Wildman–Crippen LogP) is 3.34. The zero-order valence-corrected chi connectivity index (χ0v) is 13.5. The SMILES string of the molecule is CCn1nc(C)c(C(C)NC2Cc3ccccc3C2)c1C. The minimum Gasteiger partial charge on any atom is -0.307 e. The third-order valence-corrected chi connectivity index (χ3v) is 4.71. The second kappa shape index (κ2) is 5.64. The van der Waals surface area contributed by atoms with Crippen LogP contribution < -0.4 is 5.32 Å². The van der Waals surface area contributed by atoms with E-state index in [4.69, 9.17) is 0 Å². The van der Waals surface area contributed by atoms with Crippen molar-refractivity contribution in [2.24, 2.45) is 0 Å². The minimum atomic E-state index is 0.351. The summed E-state index contributed by atoms with van der Waals surface area (Å²) in [4.78, 5) is 0. The fraction of sp³-hybridized carbons (Fsp3) is 0.500. The highest BCUT2D eigenvalue weighted by Crippen LogP contribution is 2.26. The summed E-state index contributed by atoms with van der Waals surface area (Å²) in [5.74, 6) is 0. The van der Waals surface area contributed by atoms with Gasteiger partial charge in [-0.05, 0) is 51.7 Å². The number of aryl methyl sites for hydroxylation is 2. The first-order valence-corrected chi connectivity index (χ1v) is 7.96. The van der Waals surface area contributed by atoms with E-state index in [1.54, 1.807) is 0 Å². The normalized spacial score (nSPS) is 16.2. The van der Waals surface area contributed by atoms with Crippen LogP contribution in [0, 0.1) is 13.8 Å². The van der Waals surface area contributed by atoms with Crippen molar-refractivity contribution in [2.75, 3.05) is 0 Å². The zero-order valence-electron chi connectivity index (χ0n) is 13.5. The molecule has 0 saturated heterocycles. The summed E-state index contributed by atoms with van der Waals surface area (Å²) in [6, 6.07) is 9.69. The highest BCUT2D eigenvalue weighted by molar-refractivity contribution is 5.34. The van der Waals surface area contributed by atoms with Crippen LogP contribution in [-0.4, -0.2) is 15.8 Å². The number of benzene rings is 1. The maximum atomic E-state index is 4.64. The number of rotatable bonds is 4. The Morgan fingerprint density at radius 1 is 1.24 bits per heavy atom. The van der Waals surface area contributed by atoms with Crippen LogP contribution in [0.5, 0.6) is 0 Å². The highest BCUT2D eigenvalue weighted by atomic mass is 15.3. The largest absolute Gasteiger partial charge is 0.307 e. The lowest BCUT2D eigenvalue weighted by Gasteiger charge is -2.20. The molecular weight excluding hydrogens is 258 g/mol. The molecule has 0 radical (unpaired) electrons. The van der Waals surface area contributed by atoms with Crippen molar-refractivity contribution in [3.05, 3.63) is 52.3 Å². The molecular formula is C18H25N3. The first-order chi connectivity index (χ1) is 10.1. The highest BCUT2D eigenvalue weighted by Gasteiger charge is 2.24. The van der Waals surface area contributed by atoms with Gasteiger partial charge in [-0.15, -0.1) is 0 Å². The summed E-state index contributed by atoms with van der Waals surface area (Å²) < 4.78 is 2.10. The molecule has 3 nitrogen and oxygen atoms in total. The zero-order chi connectivity index (χ0) is 15.0. The van der Waals surface area contributed by atoms with Gasteiger partial charge in [-0.1, -0.05) is 24.3 Å². The summed E-state index contributed by atoms with van der Waals surface area (Å²) >= 11 is 0. The van der Waals surface area contributed by atoms with E-state index in [-0.39, 0.29) is 0 Å². The maximum absolute atomic E-state index is 4.64. The van der Waals surface area contributed by atoms with Gasteiger partial charge in [0.2, 0.25) is 0 Å². The van der Waals surface area contributed by atoms with E-state index < -0.39 is 0 Å². The van der Waals surface area contributed by atoms with Gasteiger partial charge in [-0.3, -0.25) is 4.68 Å². The van der Waals surface area contributed by atoms with E-state index in [1.165, 1.54) is 22.4 Å². The molecule has 0 amide bonds. The van der Waals surface area contributed by atoms with E-state index in [2.05, 4.69) is 67.1 Å². The molecule has 0 fully saturated rings. The van der Waals surface area contributed by atoms with Crippen molar-refractivity contribution >= 4 is 0 Å². The Balaban J connectivity index is 1.74. The third-order valence-electron chi connectivity index (χ3n) is 4.71. The predicted molar refractivity (Wildman–Crippen MR) is 86.6 cm³/mol. The van der Waals surface area contributed by atoms with Gasteiger partial charge in [-0.25, -0.2) is 0 Å². The van der Waals surface area contributed by atoms with Gasteiger partial charge in [-0.2, -0.15) is 5.10 Å². The number of hydrogen-bond acceptors (Lipinski definition) is 2. The van der Waals surface area contributed by atoms with Gasteiger partial charge in [0.1, 0.15) is 0 Å². The van der Waals surface area contributed by atoms with Crippen molar-refractivity contribution in [1.82, 2.24) is 15.1 Å². The Hall–Kier alpha value is -1.61. The van der Waals surface area contributed by atoms with Crippen LogP contribution in [0.25, 0.3) is 0 Å². The summed E-state index contributed by atoms with van der Waals surface area (Å²) in [6.07, 6.45) is 2.28. The van der Waals surface area contributed by atoms with Gasteiger partial charge in [0.25, 0.3) is 0 Å². The monoisotopic (exact) mass is 283 g/mol. The molecule has 1 aromatic heterocycles. The van der Waals surface area contributed by atoms with Gasteiger partial charge < -0.3 is 5.32 Å². The molecule has 1 N–H and O–H groups in total. The molecule has 0 saturated carbocycles. The molecule has 3 rings (SSSR count). The Kier molecular flexibility index (Phi) is 3.85. The van der Waals surface area contributed by atoms with Crippen LogP contribution in [0.15, 0.2) is 24.3 Å². The Bertz CT molecular complexity index is 617. The van der Waals surface area contributed by atoms with Gasteiger partial charge in [0, 0.05) is 29.9 Å². The fourth-order valence-corrected chi connectivity index (χ4v) is 3.76. The van der Waals surface area contributed by atoms with Crippen LogP contribution in [-0.2, 0) is 19.4 Å². The molecule has 1 aliphatic rings. The molecule has 112 valence electrons. The van der Waals surface area contributed by atoms with Gasteiger partial charge in [0.15, 0.2) is 0 Å². The van der Waals surface area contributed by atoms with E-state index in [0.717, 1.165) is 25.1 Å². The lowest BCUT2D eigenvalue weighted by atomic mass is 10.0. The molecule has 2 aromatic rings. The standard InChI is InChI=1S/C18H25N3/c1-5-21-14(4)18(13(3)20-21)12(2)19-17-10-15-8-6-7-9-16(15)11-17/h6-9,12,17,19H,5,10-11H2,1-4H3. The molecule has 1 aliphatic carbocycles. The maximum Gasteiger partial charge on any atom is 0.0644 e. The molecule has 1 atom stereocenters. The Morgan fingerprint density at radius 3 is 2.38 bits per heavy atom. The average Bonchev–Trinajstić information content (AvgIpc) is 2.98. The van der Waals surface area contributed by atoms with E-state index in [0.29, 0.717) is 12.1 Å². The van der Waals surface area contributed by atoms with Crippen LogP contribution in [0.1, 0.15) is 48.0 Å². The molecule has 21 heavy (non-hydrogen) atoms. The number of fused-ring (bicyclic) bond motifs is 1.